The van der Waals surface area contributed by atoms with E-state index in [0.29, 0.717) is 36.4 Å². The van der Waals surface area contributed by atoms with Gasteiger partial charge in [0.1, 0.15) is 11.8 Å². The lowest BCUT2D eigenvalue weighted by atomic mass is 9.90. The van der Waals surface area contributed by atoms with Gasteiger partial charge in [-0.3, -0.25) is 24.2 Å². The third-order valence-electron chi connectivity index (χ3n) is 7.55. The fourth-order valence-corrected chi connectivity index (χ4v) is 5.50. The Morgan fingerprint density at radius 3 is 2.67 bits per heavy atom. The fourth-order valence-electron chi connectivity index (χ4n) is 5.50. The van der Waals surface area contributed by atoms with Crippen molar-refractivity contribution < 1.29 is 33.4 Å². The van der Waals surface area contributed by atoms with Gasteiger partial charge < -0.3 is 30.7 Å². The highest BCUT2D eigenvalue weighted by Gasteiger charge is 2.32. The van der Waals surface area contributed by atoms with Crippen LogP contribution in [0.25, 0.3) is 0 Å². The van der Waals surface area contributed by atoms with Crippen LogP contribution in [0.5, 0.6) is 5.75 Å². The van der Waals surface area contributed by atoms with Crippen LogP contribution in [-0.4, -0.2) is 73.3 Å². The number of piperidine rings is 1. The predicted molar refractivity (Wildman–Crippen MR) is 153 cm³/mol. The average Bonchev–Trinajstić information content (AvgIpc) is 3.39. The number of fused-ring (bicyclic) bond motifs is 1. The Morgan fingerprint density at radius 1 is 1.17 bits per heavy atom. The summed E-state index contributed by atoms with van der Waals surface area (Å²) in [7, 11) is 1.56. The number of rotatable bonds is 11. The Morgan fingerprint density at radius 2 is 1.95 bits per heavy atom. The van der Waals surface area contributed by atoms with Gasteiger partial charge in [0.15, 0.2) is 12.4 Å². The van der Waals surface area contributed by atoms with Crippen LogP contribution in [0.2, 0.25) is 0 Å². The molecule has 1 saturated heterocycles. The Labute approximate surface area is 244 Å². The van der Waals surface area contributed by atoms with Gasteiger partial charge >= 0.3 is 5.97 Å². The van der Waals surface area contributed by atoms with Crippen LogP contribution in [-0.2, 0) is 30.3 Å². The molecule has 224 valence electrons. The van der Waals surface area contributed by atoms with E-state index in [-0.39, 0.29) is 30.3 Å². The Hall–Kier alpha value is -4.48. The number of benzene rings is 1. The van der Waals surface area contributed by atoms with Gasteiger partial charge in [-0.1, -0.05) is 6.07 Å². The van der Waals surface area contributed by atoms with E-state index in [0.717, 1.165) is 23.4 Å². The highest BCUT2D eigenvalue weighted by atomic mass is 16.5. The van der Waals surface area contributed by atoms with Crippen LogP contribution in [0, 0.1) is 26.7 Å². The monoisotopic (exact) mass is 579 g/mol. The van der Waals surface area contributed by atoms with E-state index in [2.05, 4.69) is 26.3 Å². The lowest BCUT2D eigenvalue weighted by Gasteiger charge is -2.26. The summed E-state index contributed by atoms with van der Waals surface area (Å²) in [6.07, 6.45) is 1.75. The molecule has 4 rings (SSSR count). The lowest BCUT2D eigenvalue weighted by molar-refractivity contribution is -0.132. The number of carbonyl (C=O) groups is 5. The molecular formula is C30H37N5O7. The minimum absolute atomic E-state index is 0.0470. The number of esters is 1. The first-order valence-corrected chi connectivity index (χ1v) is 14.0. The number of aromatic nitrogens is 1. The molecule has 2 aliphatic rings. The second-order valence-electron chi connectivity index (χ2n) is 10.7. The van der Waals surface area contributed by atoms with Crippen molar-refractivity contribution >= 4 is 35.2 Å². The molecule has 0 bridgehead atoms. The van der Waals surface area contributed by atoms with Gasteiger partial charge in [0.25, 0.3) is 0 Å². The highest BCUT2D eigenvalue weighted by molar-refractivity contribution is 5.97. The summed E-state index contributed by atoms with van der Waals surface area (Å²) in [6, 6.07) is 5.55. The molecule has 3 unspecified atom stereocenters. The number of Topliss-reactive ketones (excluding diaryl/α,β-unsaturated/α-hetero) is 1. The zero-order valence-corrected chi connectivity index (χ0v) is 24.3. The Kier molecular flexibility index (Phi) is 9.76. The van der Waals surface area contributed by atoms with Crippen LogP contribution in [0.4, 0.5) is 5.69 Å². The van der Waals surface area contributed by atoms with Crippen LogP contribution < -0.4 is 26.0 Å². The van der Waals surface area contributed by atoms with E-state index in [1.54, 1.807) is 27.0 Å². The van der Waals surface area contributed by atoms with E-state index >= 15 is 0 Å². The molecule has 1 aromatic heterocycles. The maximum absolute atomic E-state index is 13.2. The van der Waals surface area contributed by atoms with Gasteiger partial charge in [0.05, 0.1) is 31.0 Å². The molecule has 1 fully saturated rings. The molecule has 3 heterocycles. The normalized spacial score (nSPS) is 18.1. The van der Waals surface area contributed by atoms with Gasteiger partial charge in [-0.05, 0) is 63.8 Å². The summed E-state index contributed by atoms with van der Waals surface area (Å²) in [5, 5.41) is 11.1. The highest BCUT2D eigenvalue weighted by Crippen LogP contribution is 2.33. The number of nitrogens with zero attached hydrogens (tertiary/aromatic N) is 1. The number of carbonyl (C=O) groups excluding carboxylic acids is 5. The van der Waals surface area contributed by atoms with E-state index in [1.165, 1.54) is 0 Å². The number of aryl methyl sites for hydroxylation is 3. The second kappa shape index (κ2) is 13.5. The summed E-state index contributed by atoms with van der Waals surface area (Å²) in [4.78, 5) is 68.4. The van der Waals surface area contributed by atoms with Crippen molar-refractivity contribution in [2.45, 2.75) is 58.5 Å². The number of methoxy groups -OCH3 is 1. The van der Waals surface area contributed by atoms with Crippen molar-refractivity contribution in [1.82, 2.24) is 20.9 Å². The van der Waals surface area contributed by atoms with E-state index in [1.807, 2.05) is 25.1 Å². The fraction of sp³-hybridized carbons (Fsp3) is 0.467. The number of ketones is 1. The first kappa shape index (κ1) is 30.5. The van der Waals surface area contributed by atoms with Gasteiger partial charge in [-0.2, -0.15) is 0 Å². The third kappa shape index (κ3) is 7.23. The molecular weight excluding hydrogens is 542 g/mol. The molecule has 2 aromatic rings. The topological polar surface area (TPSA) is 165 Å². The first-order chi connectivity index (χ1) is 20.1. The maximum atomic E-state index is 13.2. The number of ether oxygens (including phenoxy) is 2. The molecule has 0 aliphatic carbocycles. The van der Waals surface area contributed by atoms with Gasteiger partial charge in [0.2, 0.25) is 17.7 Å². The van der Waals surface area contributed by atoms with Gasteiger partial charge in [-0.15, -0.1) is 0 Å². The molecule has 0 saturated carbocycles. The molecule has 3 amide bonds. The third-order valence-corrected chi connectivity index (χ3v) is 7.55. The molecule has 2 aliphatic heterocycles. The quantitative estimate of drug-likeness (QED) is 0.287. The number of amides is 3. The van der Waals surface area contributed by atoms with Gasteiger partial charge in [-0.25, -0.2) is 4.79 Å². The second-order valence-corrected chi connectivity index (χ2v) is 10.7. The largest absolute Gasteiger partial charge is 0.496 e. The van der Waals surface area contributed by atoms with Crippen molar-refractivity contribution in [3.8, 4) is 5.75 Å². The number of hydrogen-bond donors (Lipinski definition) is 4. The molecule has 12 nitrogen and oxygen atoms in total. The number of nitrogens with one attached hydrogen (secondary N) is 4. The molecule has 4 N–H and O–H groups in total. The first-order valence-electron chi connectivity index (χ1n) is 14.0. The molecule has 0 radical (unpaired) electrons. The van der Waals surface area contributed by atoms with E-state index in [4.69, 9.17) is 9.47 Å². The van der Waals surface area contributed by atoms with E-state index < -0.39 is 42.3 Å². The number of anilines is 1. The van der Waals surface area contributed by atoms with Gasteiger partial charge in [0, 0.05) is 35.8 Å². The van der Waals surface area contributed by atoms with Crippen molar-refractivity contribution in [2.24, 2.45) is 5.92 Å². The van der Waals surface area contributed by atoms with Crippen LogP contribution >= 0.6 is 0 Å². The van der Waals surface area contributed by atoms with Crippen molar-refractivity contribution in [1.29, 1.82) is 0 Å². The van der Waals surface area contributed by atoms with Crippen LogP contribution in [0.3, 0.4) is 0 Å². The molecule has 0 spiro atoms. The van der Waals surface area contributed by atoms with Crippen molar-refractivity contribution in [3.63, 3.8) is 0 Å². The van der Waals surface area contributed by atoms with Crippen LogP contribution in [0.15, 0.2) is 24.3 Å². The summed E-state index contributed by atoms with van der Waals surface area (Å²) in [5.74, 6) is -2.25. The van der Waals surface area contributed by atoms with Crippen LogP contribution in [0.1, 0.15) is 52.1 Å². The minimum Gasteiger partial charge on any atom is -0.496 e. The smallest absolute Gasteiger partial charge is 0.340 e. The predicted octanol–water partition coefficient (Wildman–Crippen LogP) is 1.30. The summed E-state index contributed by atoms with van der Waals surface area (Å²) in [5.41, 5.74) is 3.87. The molecule has 12 heteroatoms. The summed E-state index contributed by atoms with van der Waals surface area (Å²) in [6.45, 7) is 4.85. The van der Waals surface area contributed by atoms with Crippen molar-refractivity contribution in [2.75, 3.05) is 32.1 Å². The number of pyridine rings is 1. The standard InChI is InChI=1S/C30H37N5O7/c1-16-11-17(2)33-18(3)27(16)30(40)42-15-24(36)22(12-19-7-6-10-31-28(19)38)35-26(37)14-32-29(39)23-13-20-21(34-23)8-5-9-25(20)41-4/h5,8-9,11,19,22-23,34H,6-7,10,12-15H2,1-4H3,(H,31,38)(H,32,39)(H,35,37). The molecule has 3 atom stereocenters. The Bertz CT molecular complexity index is 1370. The number of hydrogen-bond acceptors (Lipinski definition) is 9. The molecule has 42 heavy (non-hydrogen) atoms. The summed E-state index contributed by atoms with van der Waals surface area (Å²) < 4.78 is 10.7. The Balaban J connectivity index is 1.36. The summed E-state index contributed by atoms with van der Waals surface area (Å²) >= 11 is 0. The minimum atomic E-state index is -1.09. The maximum Gasteiger partial charge on any atom is 0.340 e. The van der Waals surface area contributed by atoms with E-state index in [9.17, 15) is 24.0 Å². The zero-order chi connectivity index (χ0) is 30.4. The average molecular weight is 580 g/mol. The molecule has 1 aromatic carbocycles. The van der Waals surface area contributed by atoms with Crippen molar-refractivity contribution in [3.05, 3.63) is 52.3 Å². The lowest BCUT2D eigenvalue weighted by Crippen LogP contribution is -2.50. The zero-order valence-electron chi connectivity index (χ0n) is 24.3. The SMILES string of the molecule is COc1cccc2c1CC(C(=O)NCC(=O)NC(CC1CCCNC1=O)C(=O)COC(=O)c1c(C)cc(C)nc1C)N2.